The Bertz CT molecular complexity index is 1870. The highest BCUT2D eigenvalue weighted by molar-refractivity contribution is 6.08. The number of fused-ring (bicyclic) bond motifs is 3. The maximum atomic E-state index is 13.7. The highest BCUT2D eigenvalue weighted by atomic mass is 16.5. The van der Waals surface area contributed by atoms with Crippen molar-refractivity contribution in [2.45, 2.75) is 32.2 Å². The van der Waals surface area contributed by atoms with Crippen LogP contribution in [-0.4, -0.2) is 75.0 Å². The molecule has 2 amide bonds. The third kappa shape index (κ3) is 5.20. The van der Waals surface area contributed by atoms with Gasteiger partial charge < -0.3 is 24.1 Å². The standard InChI is InChI=1S/C33H33N7O5/c1-37-19-23(16-26(32(37)43)36-29-7-6-22(18-35-29)31(42)38-12-14-45-15-13-38)24-8-9-34-30(25(24)20-41)40-11-10-39-27-5-3-2-4-21(27)17-28(39)33(40)44/h6-9,16-20H,2-5,10-15H2,1H3,(H,35,36). The van der Waals surface area contributed by atoms with E-state index in [0.29, 0.717) is 79.7 Å². The minimum Gasteiger partial charge on any atom is -0.378 e. The molecule has 0 saturated carbocycles. The first kappa shape index (κ1) is 28.7. The van der Waals surface area contributed by atoms with Crippen LogP contribution in [0.3, 0.4) is 0 Å². The van der Waals surface area contributed by atoms with Crippen molar-refractivity contribution in [1.29, 1.82) is 0 Å². The number of carbonyl (C=O) groups excluding carboxylic acids is 3. The van der Waals surface area contributed by atoms with Crippen LogP contribution < -0.4 is 15.8 Å². The molecule has 0 aromatic carbocycles. The molecule has 0 bridgehead atoms. The number of amides is 2. The molecule has 2 aliphatic heterocycles. The SMILES string of the molecule is Cn1cc(-c2ccnc(N3CCn4c(cc5c4CCCC5)C3=O)c2C=O)cc(Nc2ccc(C(=O)N3CCOCC3)cn2)c1=O. The van der Waals surface area contributed by atoms with Crippen LogP contribution in [0.25, 0.3) is 11.1 Å². The smallest absolute Gasteiger partial charge is 0.276 e. The van der Waals surface area contributed by atoms with Crippen LogP contribution in [-0.2, 0) is 31.2 Å². The zero-order valence-electron chi connectivity index (χ0n) is 25.0. The molecule has 0 atom stereocenters. The molecule has 0 unspecified atom stereocenters. The van der Waals surface area contributed by atoms with Crippen molar-refractivity contribution in [2.24, 2.45) is 7.05 Å². The van der Waals surface area contributed by atoms with E-state index in [4.69, 9.17) is 4.74 Å². The number of hydrogen-bond acceptors (Lipinski definition) is 8. The van der Waals surface area contributed by atoms with Gasteiger partial charge in [0.15, 0.2) is 6.29 Å². The Kier molecular flexibility index (Phi) is 7.50. The summed E-state index contributed by atoms with van der Waals surface area (Å²) in [6, 6.07) is 8.68. The molecule has 12 nitrogen and oxygen atoms in total. The average Bonchev–Trinajstić information content (AvgIpc) is 3.47. The molecule has 0 spiro atoms. The van der Waals surface area contributed by atoms with E-state index in [0.717, 1.165) is 25.7 Å². The summed E-state index contributed by atoms with van der Waals surface area (Å²) in [7, 11) is 1.63. The van der Waals surface area contributed by atoms with Gasteiger partial charge in [0, 0.05) is 63.1 Å². The van der Waals surface area contributed by atoms with Gasteiger partial charge in [0.2, 0.25) is 0 Å². The van der Waals surface area contributed by atoms with Crippen molar-refractivity contribution < 1.29 is 19.1 Å². The van der Waals surface area contributed by atoms with Crippen molar-refractivity contribution in [1.82, 2.24) is 24.0 Å². The highest BCUT2D eigenvalue weighted by Crippen LogP contribution is 2.33. The van der Waals surface area contributed by atoms with Crippen molar-refractivity contribution in [3.05, 3.63) is 87.4 Å². The number of ether oxygens (including phenoxy) is 1. The van der Waals surface area contributed by atoms with E-state index >= 15 is 0 Å². The molecule has 1 aliphatic carbocycles. The Hall–Kier alpha value is -5.10. The fourth-order valence-electron chi connectivity index (χ4n) is 6.51. The monoisotopic (exact) mass is 607 g/mol. The van der Waals surface area contributed by atoms with Crippen LogP contribution in [0, 0.1) is 0 Å². The maximum Gasteiger partial charge on any atom is 0.276 e. The van der Waals surface area contributed by atoms with Crippen molar-refractivity contribution in [2.75, 3.05) is 43.1 Å². The van der Waals surface area contributed by atoms with Gasteiger partial charge in [-0.3, -0.25) is 24.1 Å². The summed E-state index contributed by atoms with van der Waals surface area (Å²) in [5.74, 6) is 0.389. The van der Waals surface area contributed by atoms with Crippen LogP contribution in [0.5, 0.6) is 0 Å². The maximum absolute atomic E-state index is 13.7. The second-order valence-corrected chi connectivity index (χ2v) is 11.6. The lowest BCUT2D eigenvalue weighted by atomic mass is 9.98. The largest absolute Gasteiger partial charge is 0.378 e. The van der Waals surface area contributed by atoms with E-state index < -0.39 is 0 Å². The van der Waals surface area contributed by atoms with Gasteiger partial charge in [-0.25, -0.2) is 9.97 Å². The van der Waals surface area contributed by atoms with Crippen LogP contribution in [0.4, 0.5) is 17.3 Å². The number of aldehydes is 1. The third-order valence-corrected chi connectivity index (χ3v) is 8.83. The molecule has 12 heteroatoms. The van der Waals surface area contributed by atoms with Gasteiger partial charge >= 0.3 is 0 Å². The first-order valence-electron chi connectivity index (χ1n) is 15.2. The number of nitrogens with zero attached hydrogens (tertiary/aromatic N) is 6. The molecule has 230 valence electrons. The topological polar surface area (TPSA) is 132 Å². The van der Waals surface area contributed by atoms with E-state index in [9.17, 15) is 19.2 Å². The normalized spacial score (nSPS) is 16.2. The summed E-state index contributed by atoms with van der Waals surface area (Å²) < 4.78 is 8.87. The molecule has 1 saturated heterocycles. The number of anilines is 3. The summed E-state index contributed by atoms with van der Waals surface area (Å²) in [6.07, 6.45) is 9.63. The summed E-state index contributed by atoms with van der Waals surface area (Å²) in [5, 5.41) is 3.07. The van der Waals surface area contributed by atoms with Gasteiger partial charge in [0.25, 0.3) is 17.4 Å². The molecule has 4 aromatic heterocycles. The van der Waals surface area contributed by atoms with Gasteiger partial charge in [-0.2, -0.15) is 0 Å². The zero-order valence-corrected chi connectivity index (χ0v) is 25.0. The second kappa shape index (κ2) is 11.8. The summed E-state index contributed by atoms with van der Waals surface area (Å²) >= 11 is 0. The Morgan fingerprint density at radius 3 is 2.60 bits per heavy atom. The Morgan fingerprint density at radius 2 is 1.82 bits per heavy atom. The van der Waals surface area contributed by atoms with Crippen molar-refractivity contribution in [3.8, 4) is 11.1 Å². The Balaban J connectivity index is 1.18. The minimum atomic E-state index is -0.299. The number of rotatable bonds is 6. The number of carbonyl (C=O) groups is 3. The molecule has 45 heavy (non-hydrogen) atoms. The molecule has 1 N–H and O–H groups in total. The number of aryl methyl sites for hydroxylation is 2. The molecular formula is C33H33N7O5. The van der Waals surface area contributed by atoms with Crippen LogP contribution in [0.1, 0.15) is 55.3 Å². The molecule has 0 radical (unpaired) electrons. The lowest BCUT2D eigenvalue weighted by Gasteiger charge is -2.30. The number of morpholine rings is 1. The first-order chi connectivity index (χ1) is 21.9. The quantitative estimate of drug-likeness (QED) is 0.331. The van der Waals surface area contributed by atoms with Gasteiger partial charge in [-0.05, 0) is 67.1 Å². The number of aromatic nitrogens is 4. The summed E-state index contributed by atoms with van der Waals surface area (Å²) in [5.41, 5.74) is 4.91. The lowest BCUT2D eigenvalue weighted by Crippen LogP contribution is -2.41. The highest BCUT2D eigenvalue weighted by Gasteiger charge is 2.32. The Morgan fingerprint density at radius 1 is 1.00 bits per heavy atom. The second-order valence-electron chi connectivity index (χ2n) is 11.6. The fraction of sp³-hybridized carbons (Fsp3) is 0.333. The molecule has 7 rings (SSSR count). The predicted molar refractivity (Wildman–Crippen MR) is 167 cm³/mol. The molecule has 4 aromatic rings. The molecule has 6 heterocycles. The van der Waals surface area contributed by atoms with E-state index in [1.54, 1.807) is 53.5 Å². The van der Waals surface area contributed by atoms with Gasteiger partial charge in [-0.1, -0.05) is 0 Å². The fourth-order valence-corrected chi connectivity index (χ4v) is 6.51. The molecular weight excluding hydrogens is 574 g/mol. The average molecular weight is 608 g/mol. The molecule has 1 fully saturated rings. The zero-order chi connectivity index (χ0) is 31.1. The van der Waals surface area contributed by atoms with E-state index in [-0.39, 0.29) is 28.6 Å². The van der Waals surface area contributed by atoms with Crippen molar-refractivity contribution >= 4 is 35.4 Å². The first-order valence-corrected chi connectivity index (χ1v) is 15.2. The Labute approximate surface area is 259 Å². The van der Waals surface area contributed by atoms with Crippen LogP contribution in [0.15, 0.2) is 53.7 Å². The predicted octanol–water partition coefficient (Wildman–Crippen LogP) is 3.21. The number of hydrogen-bond donors (Lipinski definition) is 1. The van der Waals surface area contributed by atoms with Gasteiger partial charge in [0.1, 0.15) is 23.0 Å². The summed E-state index contributed by atoms with van der Waals surface area (Å²) in [6.45, 7) is 3.12. The van der Waals surface area contributed by atoms with Crippen molar-refractivity contribution in [3.63, 3.8) is 0 Å². The van der Waals surface area contributed by atoms with E-state index in [1.165, 1.54) is 22.0 Å². The van der Waals surface area contributed by atoms with Gasteiger partial charge in [-0.15, -0.1) is 0 Å². The van der Waals surface area contributed by atoms with Crippen LogP contribution in [0.2, 0.25) is 0 Å². The van der Waals surface area contributed by atoms with E-state index in [2.05, 4.69) is 19.9 Å². The summed E-state index contributed by atoms with van der Waals surface area (Å²) in [4.78, 5) is 64.4. The minimum absolute atomic E-state index is 0.120. The number of pyridine rings is 3. The molecule has 3 aliphatic rings. The lowest BCUT2D eigenvalue weighted by molar-refractivity contribution is 0.0302. The third-order valence-electron chi connectivity index (χ3n) is 8.83. The number of nitrogens with one attached hydrogen (secondary N) is 1. The van der Waals surface area contributed by atoms with Crippen LogP contribution >= 0.6 is 0 Å². The van der Waals surface area contributed by atoms with E-state index in [1.807, 2.05) is 6.07 Å². The van der Waals surface area contributed by atoms with Gasteiger partial charge in [0.05, 0.1) is 24.3 Å².